The molecule has 0 saturated carbocycles. The topological polar surface area (TPSA) is 0 Å². The minimum Gasteiger partial charge on any atom is -0.0765 e. The lowest BCUT2D eigenvalue weighted by atomic mass is 9.93. The summed E-state index contributed by atoms with van der Waals surface area (Å²) in [5.41, 5.74) is 8.37. The maximum atomic E-state index is 3.75. The molecule has 1 heteroatoms. The second kappa shape index (κ2) is 6.19. The molecule has 0 heterocycles. The SMILES string of the molecule is CCCCc1ccc(-c2c(Br)ccc3c2C(C)=CC3)cc1. The first-order chi connectivity index (χ1) is 10.2. The van der Waals surface area contributed by atoms with Crippen LogP contribution in [0.5, 0.6) is 0 Å². The van der Waals surface area contributed by atoms with Gasteiger partial charge in [-0.2, -0.15) is 0 Å². The van der Waals surface area contributed by atoms with Gasteiger partial charge in [-0.25, -0.2) is 0 Å². The molecule has 0 aliphatic heterocycles. The number of benzene rings is 2. The predicted molar refractivity (Wildman–Crippen MR) is 95.5 cm³/mol. The number of halogens is 1. The Labute approximate surface area is 136 Å². The van der Waals surface area contributed by atoms with Crippen LogP contribution in [-0.2, 0) is 12.8 Å². The molecule has 2 aromatic rings. The fraction of sp³-hybridized carbons (Fsp3) is 0.300. The zero-order valence-corrected chi connectivity index (χ0v) is 14.3. The zero-order valence-electron chi connectivity index (χ0n) is 12.7. The minimum atomic E-state index is 1.07. The second-order valence-electron chi connectivity index (χ2n) is 5.85. The first-order valence-electron chi connectivity index (χ1n) is 7.78. The van der Waals surface area contributed by atoms with E-state index in [1.807, 2.05) is 0 Å². The number of rotatable bonds is 4. The van der Waals surface area contributed by atoms with Gasteiger partial charge in [-0.05, 0) is 60.1 Å². The maximum Gasteiger partial charge on any atom is 0.0260 e. The number of unbranched alkanes of at least 4 members (excludes halogenated alkanes) is 1. The Morgan fingerprint density at radius 1 is 1.00 bits per heavy atom. The van der Waals surface area contributed by atoms with E-state index in [0.29, 0.717) is 0 Å². The van der Waals surface area contributed by atoms with E-state index < -0.39 is 0 Å². The normalized spacial score (nSPS) is 13.2. The first kappa shape index (κ1) is 14.6. The molecule has 1 aliphatic carbocycles. The molecule has 0 amide bonds. The van der Waals surface area contributed by atoms with Gasteiger partial charge in [0.1, 0.15) is 0 Å². The van der Waals surface area contributed by atoms with E-state index in [2.05, 4.69) is 72.3 Å². The fourth-order valence-electron chi connectivity index (χ4n) is 3.11. The van der Waals surface area contributed by atoms with Gasteiger partial charge in [0.25, 0.3) is 0 Å². The van der Waals surface area contributed by atoms with Crippen LogP contribution in [0.3, 0.4) is 0 Å². The molecule has 0 aromatic heterocycles. The van der Waals surface area contributed by atoms with Crippen molar-refractivity contribution in [3.8, 4) is 11.1 Å². The Balaban J connectivity index is 2.01. The van der Waals surface area contributed by atoms with E-state index in [4.69, 9.17) is 0 Å². The standard InChI is InChI=1S/C20H21Br/c1-3-4-5-15-7-10-17(11-8-15)20-18(21)13-12-16-9-6-14(2)19(16)20/h6-8,10-13H,3-5,9H2,1-2H3. The number of fused-ring (bicyclic) bond motifs is 1. The Morgan fingerprint density at radius 2 is 1.76 bits per heavy atom. The summed E-state index contributed by atoms with van der Waals surface area (Å²) in [6, 6.07) is 13.5. The summed E-state index contributed by atoms with van der Waals surface area (Å²) in [5.74, 6) is 0. The van der Waals surface area contributed by atoms with E-state index in [1.165, 1.54) is 57.1 Å². The first-order valence-corrected chi connectivity index (χ1v) is 8.58. The van der Waals surface area contributed by atoms with Crippen LogP contribution in [0.1, 0.15) is 43.4 Å². The third-order valence-electron chi connectivity index (χ3n) is 4.32. The average molecular weight is 341 g/mol. The molecule has 0 fully saturated rings. The Morgan fingerprint density at radius 3 is 2.48 bits per heavy atom. The van der Waals surface area contributed by atoms with Crippen molar-refractivity contribution < 1.29 is 0 Å². The molecule has 0 saturated heterocycles. The molecule has 1 aliphatic rings. The second-order valence-corrected chi connectivity index (χ2v) is 6.70. The Bertz CT molecular complexity index is 678. The molecule has 21 heavy (non-hydrogen) atoms. The molecular formula is C20H21Br. The average Bonchev–Trinajstić information content (AvgIpc) is 2.87. The lowest BCUT2D eigenvalue weighted by Gasteiger charge is -2.13. The van der Waals surface area contributed by atoms with Crippen LogP contribution >= 0.6 is 15.9 Å². The summed E-state index contributed by atoms with van der Waals surface area (Å²) in [5, 5.41) is 0. The third-order valence-corrected chi connectivity index (χ3v) is 4.99. The van der Waals surface area contributed by atoms with Crippen LogP contribution in [0, 0.1) is 0 Å². The largest absolute Gasteiger partial charge is 0.0765 e. The summed E-state index contributed by atoms with van der Waals surface area (Å²) in [4.78, 5) is 0. The van der Waals surface area contributed by atoms with Gasteiger partial charge in [0, 0.05) is 10.0 Å². The highest BCUT2D eigenvalue weighted by atomic mass is 79.9. The zero-order chi connectivity index (χ0) is 14.8. The molecule has 0 radical (unpaired) electrons. The van der Waals surface area contributed by atoms with Gasteiger partial charge in [-0.1, -0.05) is 65.7 Å². The molecule has 0 N–H and O–H groups in total. The molecule has 0 nitrogen and oxygen atoms in total. The van der Waals surface area contributed by atoms with E-state index in [-0.39, 0.29) is 0 Å². The van der Waals surface area contributed by atoms with Gasteiger partial charge in [-0.3, -0.25) is 0 Å². The summed E-state index contributed by atoms with van der Waals surface area (Å²) in [6.45, 7) is 4.46. The minimum absolute atomic E-state index is 1.07. The van der Waals surface area contributed by atoms with Gasteiger partial charge < -0.3 is 0 Å². The number of allylic oxidation sites excluding steroid dienone is 2. The molecule has 2 aromatic carbocycles. The van der Waals surface area contributed by atoms with Crippen LogP contribution in [0.2, 0.25) is 0 Å². The summed E-state index contributed by atoms with van der Waals surface area (Å²) < 4.78 is 1.19. The van der Waals surface area contributed by atoms with Crippen molar-refractivity contribution in [1.82, 2.24) is 0 Å². The lowest BCUT2D eigenvalue weighted by Crippen LogP contribution is -1.92. The Kier molecular flexibility index (Phi) is 4.30. The number of aryl methyl sites for hydroxylation is 1. The van der Waals surface area contributed by atoms with Gasteiger partial charge in [0.15, 0.2) is 0 Å². The molecular weight excluding hydrogens is 320 g/mol. The van der Waals surface area contributed by atoms with E-state index in [0.717, 1.165) is 6.42 Å². The summed E-state index contributed by atoms with van der Waals surface area (Å²) in [6.07, 6.45) is 7.10. The van der Waals surface area contributed by atoms with Crippen molar-refractivity contribution in [2.75, 3.05) is 0 Å². The summed E-state index contributed by atoms with van der Waals surface area (Å²) in [7, 11) is 0. The van der Waals surface area contributed by atoms with Gasteiger partial charge in [0.05, 0.1) is 0 Å². The van der Waals surface area contributed by atoms with E-state index in [9.17, 15) is 0 Å². The summed E-state index contributed by atoms with van der Waals surface area (Å²) >= 11 is 3.75. The highest BCUT2D eigenvalue weighted by Gasteiger charge is 2.18. The van der Waals surface area contributed by atoms with Gasteiger partial charge >= 0.3 is 0 Å². The van der Waals surface area contributed by atoms with Gasteiger partial charge in [-0.15, -0.1) is 0 Å². The fourth-order valence-corrected chi connectivity index (χ4v) is 3.67. The van der Waals surface area contributed by atoms with Crippen molar-refractivity contribution in [3.05, 3.63) is 63.6 Å². The van der Waals surface area contributed by atoms with Crippen LogP contribution in [0.25, 0.3) is 16.7 Å². The molecule has 0 spiro atoms. The van der Waals surface area contributed by atoms with Crippen LogP contribution < -0.4 is 0 Å². The Hall–Kier alpha value is -1.34. The van der Waals surface area contributed by atoms with Crippen LogP contribution in [-0.4, -0.2) is 0 Å². The smallest absolute Gasteiger partial charge is 0.0260 e. The van der Waals surface area contributed by atoms with E-state index >= 15 is 0 Å². The van der Waals surface area contributed by atoms with Crippen molar-refractivity contribution >= 4 is 21.5 Å². The molecule has 0 unspecified atom stereocenters. The van der Waals surface area contributed by atoms with Crippen LogP contribution in [0.15, 0.2) is 46.9 Å². The van der Waals surface area contributed by atoms with Gasteiger partial charge in [0.2, 0.25) is 0 Å². The third kappa shape index (κ3) is 2.85. The molecule has 0 bridgehead atoms. The molecule has 108 valence electrons. The lowest BCUT2D eigenvalue weighted by molar-refractivity contribution is 0.795. The van der Waals surface area contributed by atoms with Crippen molar-refractivity contribution in [1.29, 1.82) is 0 Å². The highest BCUT2D eigenvalue weighted by Crippen LogP contribution is 2.40. The van der Waals surface area contributed by atoms with Crippen LogP contribution in [0.4, 0.5) is 0 Å². The van der Waals surface area contributed by atoms with Crippen molar-refractivity contribution in [2.24, 2.45) is 0 Å². The molecule has 3 rings (SSSR count). The quantitative estimate of drug-likeness (QED) is 0.602. The van der Waals surface area contributed by atoms with E-state index in [1.54, 1.807) is 0 Å². The number of hydrogen-bond acceptors (Lipinski definition) is 0. The van der Waals surface area contributed by atoms with Crippen molar-refractivity contribution in [3.63, 3.8) is 0 Å². The van der Waals surface area contributed by atoms with Crippen molar-refractivity contribution in [2.45, 2.75) is 39.5 Å². The number of hydrogen-bond donors (Lipinski definition) is 0. The monoisotopic (exact) mass is 340 g/mol. The predicted octanol–water partition coefficient (Wildman–Crippen LogP) is 6.42. The maximum absolute atomic E-state index is 3.75. The highest BCUT2D eigenvalue weighted by molar-refractivity contribution is 9.10. The molecule has 0 atom stereocenters.